The van der Waals surface area contributed by atoms with Gasteiger partial charge in [0.25, 0.3) is 0 Å². The Hall–Kier alpha value is -0.370. The highest BCUT2D eigenvalue weighted by molar-refractivity contribution is 5.81. The molecule has 0 unspecified atom stereocenters. The number of carbonyl (C=O) groups excluding carboxylic acids is 1. The van der Waals surface area contributed by atoms with Crippen LogP contribution < -0.4 is 0 Å². The zero-order valence-electron chi connectivity index (χ0n) is 11.9. The highest BCUT2D eigenvalue weighted by Crippen LogP contribution is 2.40. The van der Waals surface area contributed by atoms with Crippen molar-refractivity contribution in [2.75, 3.05) is 7.11 Å². The van der Waals surface area contributed by atoms with Crippen molar-refractivity contribution in [2.45, 2.75) is 71.8 Å². The third kappa shape index (κ3) is 4.09. The number of methoxy groups -OCH3 is 1. The average molecular weight is 240 g/mol. The summed E-state index contributed by atoms with van der Waals surface area (Å²) in [5.74, 6) is 0.764. The second kappa shape index (κ2) is 6.53. The molecule has 0 N–H and O–H groups in total. The van der Waals surface area contributed by atoms with Crippen LogP contribution in [0.15, 0.2) is 0 Å². The first kappa shape index (κ1) is 14.7. The molecule has 0 saturated heterocycles. The van der Waals surface area contributed by atoms with Gasteiger partial charge in [-0.15, -0.1) is 0 Å². The number of ether oxygens (including phenoxy) is 1. The first-order valence-electron chi connectivity index (χ1n) is 7.10. The molecule has 1 saturated carbocycles. The molecule has 0 aromatic carbocycles. The molecular formula is C15H28O2. The third-order valence-electron chi connectivity index (χ3n) is 4.52. The molecule has 17 heavy (non-hydrogen) atoms. The van der Waals surface area contributed by atoms with Crippen LogP contribution in [0.25, 0.3) is 0 Å². The van der Waals surface area contributed by atoms with Gasteiger partial charge in [0, 0.05) is 19.4 Å². The van der Waals surface area contributed by atoms with Crippen molar-refractivity contribution in [3.63, 3.8) is 0 Å². The van der Waals surface area contributed by atoms with Crippen molar-refractivity contribution in [3.05, 3.63) is 0 Å². The van der Waals surface area contributed by atoms with Crippen molar-refractivity contribution in [1.82, 2.24) is 0 Å². The van der Waals surface area contributed by atoms with Crippen LogP contribution >= 0.6 is 0 Å². The Morgan fingerprint density at radius 2 is 1.82 bits per heavy atom. The Morgan fingerprint density at radius 3 is 2.24 bits per heavy atom. The molecule has 100 valence electrons. The Bertz CT molecular complexity index is 235. The molecule has 0 aromatic heterocycles. The lowest BCUT2D eigenvalue weighted by Gasteiger charge is -2.37. The summed E-state index contributed by atoms with van der Waals surface area (Å²) >= 11 is 0. The molecule has 0 aliphatic heterocycles. The maximum absolute atomic E-state index is 12.2. The quantitative estimate of drug-likeness (QED) is 0.702. The number of hydrogen-bond donors (Lipinski definition) is 0. The van der Waals surface area contributed by atoms with Gasteiger partial charge in [-0.05, 0) is 43.9 Å². The predicted molar refractivity (Wildman–Crippen MR) is 71.1 cm³/mol. The Labute approximate surface area is 106 Å². The number of hydrogen-bond acceptors (Lipinski definition) is 2. The number of ketones is 1. The summed E-state index contributed by atoms with van der Waals surface area (Å²) in [5.41, 5.74) is 0.231. The fourth-order valence-electron chi connectivity index (χ4n) is 3.01. The predicted octanol–water partition coefficient (Wildman–Crippen LogP) is 3.98. The summed E-state index contributed by atoms with van der Waals surface area (Å²) < 4.78 is 5.39. The Balaban J connectivity index is 2.48. The number of Topliss-reactive ketones (excluding diaryl/α,β-unsaturated/α-hetero) is 1. The van der Waals surface area contributed by atoms with Crippen molar-refractivity contribution in [2.24, 2.45) is 11.3 Å². The topological polar surface area (TPSA) is 26.3 Å². The Kier molecular flexibility index (Phi) is 5.64. The van der Waals surface area contributed by atoms with E-state index < -0.39 is 0 Å². The second-order valence-corrected chi connectivity index (χ2v) is 5.90. The molecule has 0 amide bonds. The van der Waals surface area contributed by atoms with E-state index in [0.29, 0.717) is 11.9 Å². The van der Waals surface area contributed by atoms with E-state index in [0.717, 1.165) is 44.9 Å². The first-order chi connectivity index (χ1) is 8.04. The zero-order chi connectivity index (χ0) is 12.9. The van der Waals surface area contributed by atoms with E-state index in [9.17, 15) is 4.79 Å². The standard InChI is InChI=1S/C15H28O2/c1-5-12(6-2)14(16)11-15(3)9-7-13(17-4)8-10-15/h12-13H,5-11H2,1-4H3. The minimum Gasteiger partial charge on any atom is -0.381 e. The molecule has 1 fully saturated rings. The van der Waals surface area contributed by atoms with Gasteiger partial charge < -0.3 is 4.74 Å². The minimum atomic E-state index is 0.231. The van der Waals surface area contributed by atoms with Gasteiger partial charge in [-0.2, -0.15) is 0 Å². The van der Waals surface area contributed by atoms with Gasteiger partial charge in [-0.3, -0.25) is 4.79 Å². The van der Waals surface area contributed by atoms with Crippen LogP contribution in [-0.4, -0.2) is 19.0 Å². The van der Waals surface area contributed by atoms with Gasteiger partial charge in [0.15, 0.2) is 0 Å². The highest BCUT2D eigenvalue weighted by Gasteiger charge is 2.34. The fraction of sp³-hybridized carbons (Fsp3) is 0.933. The summed E-state index contributed by atoms with van der Waals surface area (Å²) in [6.07, 6.45) is 7.68. The zero-order valence-corrected chi connectivity index (χ0v) is 11.9. The normalized spacial score (nSPS) is 29.6. The van der Waals surface area contributed by atoms with Crippen LogP contribution in [0.1, 0.15) is 65.7 Å². The molecule has 0 heterocycles. The maximum Gasteiger partial charge on any atom is 0.136 e. The number of rotatable bonds is 6. The molecule has 0 aromatic rings. The molecule has 1 aliphatic carbocycles. The molecule has 0 radical (unpaired) electrons. The van der Waals surface area contributed by atoms with E-state index in [-0.39, 0.29) is 11.3 Å². The second-order valence-electron chi connectivity index (χ2n) is 5.90. The van der Waals surface area contributed by atoms with Crippen molar-refractivity contribution < 1.29 is 9.53 Å². The molecule has 2 heteroatoms. The lowest BCUT2D eigenvalue weighted by molar-refractivity contribution is -0.126. The van der Waals surface area contributed by atoms with Crippen LogP contribution in [0, 0.1) is 11.3 Å². The van der Waals surface area contributed by atoms with Crippen molar-refractivity contribution >= 4 is 5.78 Å². The van der Waals surface area contributed by atoms with Crippen LogP contribution in [0.5, 0.6) is 0 Å². The van der Waals surface area contributed by atoms with Gasteiger partial charge in [0.05, 0.1) is 6.10 Å². The molecule has 0 bridgehead atoms. The van der Waals surface area contributed by atoms with Crippen molar-refractivity contribution in [3.8, 4) is 0 Å². The number of carbonyl (C=O) groups is 1. The fourth-order valence-corrected chi connectivity index (χ4v) is 3.01. The summed E-state index contributed by atoms with van der Waals surface area (Å²) in [7, 11) is 1.79. The SMILES string of the molecule is CCC(CC)C(=O)CC1(C)CCC(OC)CC1. The van der Waals surface area contributed by atoms with Crippen LogP contribution in [0.4, 0.5) is 0 Å². The lowest BCUT2D eigenvalue weighted by Crippen LogP contribution is -2.31. The third-order valence-corrected chi connectivity index (χ3v) is 4.52. The van der Waals surface area contributed by atoms with Gasteiger partial charge in [-0.1, -0.05) is 20.8 Å². The monoisotopic (exact) mass is 240 g/mol. The van der Waals surface area contributed by atoms with E-state index in [1.54, 1.807) is 7.11 Å². The van der Waals surface area contributed by atoms with Crippen LogP contribution in [0.3, 0.4) is 0 Å². The van der Waals surface area contributed by atoms with E-state index in [1.807, 2.05) is 0 Å². The molecule has 1 aliphatic rings. The highest BCUT2D eigenvalue weighted by atomic mass is 16.5. The smallest absolute Gasteiger partial charge is 0.136 e. The summed E-state index contributed by atoms with van der Waals surface area (Å²) in [4.78, 5) is 12.2. The minimum absolute atomic E-state index is 0.231. The van der Waals surface area contributed by atoms with Gasteiger partial charge in [0.1, 0.15) is 5.78 Å². The summed E-state index contributed by atoms with van der Waals surface area (Å²) in [6, 6.07) is 0. The summed E-state index contributed by atoms with van der Waals surface area (Å²) in [5, 5.41) is 0. The summed E-state index contributed by atoms with van der Waals surface area (Å²) in [6.45, 7) is 6.52. The lowest BCUT2D eigenvalue weighted by atomic mass is 9.70. The molecule has 0 spiro atoms. The largest absolute Gasteiger partial charge is 0.381 e. The van der Waals surface area contributed by atoms with Crippen LogP contribution in [0.2, 0.25) is 0 Å². The van der Waals surface area contributed by atoms with Crippen LogP contribution in [-0.2, 0) is 9.53 Å². The van der Waals surface area contributed by atoms with Gasteiger partial charge >= 0.3 is 0 Å². The van der Waals surface area contributed by atoms with Gasteiger partial charge in [0.2, 0.25) is 0 Å². The maximum atomic E-state index is 12.2. The van der Waals surface area contributed by atoms with E-state index >= 15 is 0 Å². The van der Waals surface area contributed by atoms with E-state index in [2.05, 4.69) is 20.8 Å². The molecule has 2 nitrogen and oxygen atoms in total. The van der Waals surface area contributed by atoms with E-state index in [4.69, 9.17) is 4.74 Å². The molecular weight excluding hydrogens is 212 g/mol. The molecule has 1 rings (SSSR count). The van der Waals surface area contributed by atoms with E-state index in [1.165, 1.54) is 0 Å². The van der Waals surface area contributed by atoms with Crippen molar-refractivity contribution in [1.29, 1.82) is 0 Å². The van der Waals surface area contributed by atoms with Gasteiger partial charge in [-0.25, -0.2) is 0 Å². The average Bonchev–Trinajstić information content (AvgIpc) is 2.31. The molecule has 0 atom stereocenters. The first-order valence-corrected chi connectivity index (χ1v) is 7.10. The Morgan fingerprint density at radius 1 is 1.29 bits per heavy atom.